The predicted molar refractivity (Wildman–Crippen MR) is 105 cm³/mol. The molecule has 0 saturated heterocycles. The van der Waals surface area contributed by atoms with Crippen molar-refractivity contribution in [2.24, 2.45) is 0 Å². The van der Waals surface area contributed by atoms with Crippen LogP contribution in [-0.2, 0) is 6.54 Å². The topological polar surface area (TPSA) is 53.1 Å². The third kappa shape index (κ3) is 3.31. The van der Waals surface area contributed by atoms with Crippen LogP contribution >= 0.6 is 0 Å². The highest BCUT2D eigenvalue weighted by atomic mass is 16.6. The van der Waals surface area contributed by atoms with Crippen LogP contribution in [0.5, 0.6) is 23.1 Å². The number of hydrogen-bond donors (Lipinski definition) is 0. The molecule has 5 rings (SSSR count). The number of para-hydroxylation sites is 2. The fourth-order valence-electron chi connectivity index (χ4n) is 3.73. The Bertz CT molecular complexity index is 1010. The van der Waals surface area contributed by atoms with Crippen molar-refractivity contribution in [3.05, 3.63) is 54.1 Å². The first-order valence-corrected chi connectivity index (χ1v) is 9.50. The third-order valence-electron chi connectivity index (χ3n) is 5.13. The molecule has 0 bridgehead atoms. The number of nitrogens with zero attached hydrogens (tertiary/aromatic N) is 2. The van der Waals surface area contributed by atoms with Crippen molar-refractivity contribution in [1.29, 1.82) is 0 Å². The predicted octanol–water partition coefficient (Wildman–Crippen LogP) is 3.28. The van der Waals surface area contributed by atoms with Gasteiger partial charge in [-0.1, -0.05) is 12.1 Å². The van der Waals surface area contributed by atoms with Gasteiger partial charge in [0.15, 0.2) is 11.5 Å². The minimum atomic E-state index is -0.00930. The average Bonchev–Trinajstić information content (AvgIpc) is 2.92. The van der Waals surface area contributed by atoms with Crippen molar-refractivity contribution in [2.45, 2.75) is 12.6 Å². The van der Waals surface area contributed by atoms with E-state index in [1.54, 1.807) is 7.11 Å². The molecule has 0 fully saturated rings. The Morgan fingerprint density at radius 2 is 2.00 bits per heavy atom. The summed E-state index contributed by atoms with van der Waals surface area (Å²) in [6.07, 6.45) is -0.00930. The summed E-state index contributed by atoms with van der Waals surface area (Å²) in [4.78, 5) is 7.04. The second kappa shape index (κ2) is 7.20. The summed E-state index contributed by atoms with van der Waals surface area (Å²) in [6.45, 7) is 3.50. The molecule has 2 aromatic carbocycles. The van der Waals surface area contributed by atoms with Gasteiger partial charge in [-0.25, -0.2) is 4.98 Å². The number of methoxy groups -OCH3 is 1. The molecule has 3 aromatic rings. The van der Waals surface area contributed by atoms with Gasteiger partial charge >= 0.3 is 0 Å². The van der Waals surface area contributed by atoms with Crippen LogP contribution in [-0.4, -0.2) is 49.4 Å². The van der Waals surface area contributed by atoms with E-state index in [-0.39, 0.29) is 6.10 Å². The lowest BCUT2D eigenvalue weighted by atomic mass is 10.1. The monoisotopic (exact) mass is 378 g/mol. The van der Waals surface area contributed by atoms with Crippen LogP contribution in [0.15, 0.2) is 48.5 Å². The average molecular weight is 378 g/mol. The van der Waals surface area contributed by atoms with E-state index >= 15 is 0 Å². The summed E-state index contributed by atoms with van der Waals surface area (Å²) >= 11 is 0. The Labute approximate surface area is 163 Å². The van der Waals surface area contributed by atoms with Crippen molar-refractivity contribution in [3.8, 4) is 23.1 Å². The fraction of sp³-hybridized carbons (Fsp3) is 0.318. The first-order valence-electron chi connectivity index (χ1n) is 9.50. The van der Waals surface area contributed by atoms with Crippen LogP contribution < -0.4 is 18.9 Å². The molecule has 3 heterocycles. The van der Waals surface area contributed by atoms with E-state index in [0.717, 1.165) is 53.3 Å². The molecule has 144 valence electrons. The van der Waals surface area contributed by atoms with Crippen LogP contribution in [0.3, 0.4) is 0 Å². The van der Waals surface area contributed by atoms with E-state index in [1.807, 2.05) is 42.5 Å². The molecule has 1 aromatic heterocycles. The van der Waals surface area contributed by atoms with Gasteiger partial charge < -0.3 is 18.9 Å². The maximum Gasteiger partial charge on any atom is 0.218 e. The molecule has 2 aliphatic heterocycles. The van der Waals surface area contributed by atoms with E-state index < -0.39 is 0 Å². The van der Waals surface area contributed by atoms with E-state index in [0.29, 0.717) is 19.1 Å². The van der Waals surface area contributed by atoms with Crippen LogP contribution in [0.2, 0.25) is 0 Å². The number of hydrogen-bond acceptors (Lipinski definition) is 6. The minimum Gasteiger partial charge on any atom is -0.497 e. The molecular formula is C22H22N2O4. The van der Waals surface area contributed by atoms with E-state index in [4.69, 9.17) is 23.9 Å². The first kappa shape index (κ1) is 17.1. The molecule has 0 N–H and O–H groups in total. The van der Waals surface area contributed by atoms with E-state index in [1.165, 1.54) is 0 Å². The number of rotatable bonds is 3. The highest BCUT2D eigenvalue weighted by molar-refractivity contribution is 5.81. The zero-order valence-electron chi connectivity index (χ0n) is 15.8. The molecule has 0 amide bonds. The summed E-state index contributed by atoms with van der Waals surface area (Å²) in [6, 6.07) is 15.8. The Kier molecular flexibility index (Phi) is 4.41. The van der Waals surface area contributed by atoms with Crippen molar-refractivity contribution in [3.63, 3.8) is 0 Å². The summed E-state index contributed by atoms with van der Waals surface area (Å²) in [5.74, 6) is 3.16. The van der Waals surface area contributed by atoms with Crippen LogP contribution in [0.4, 0.5) is 0 Å². The molecule has 1 atom stereocenters. The van der Waals surface area contributed by atoms with E-state index in [2.05, 4.69) is 11.0 Å². The largest absolute Gasteiger partial charge is 0.497 e. The third-order valence-corrected chi connectivity index (χ3v) is 5.13. The lowest BCUT2D eigenvalue weighted by molar-refractivity contribution is 0.0550. The number of benzene rings is 2. The first-order chi connectivity index (χ1) is 13.8. The number of fused-ring (bicyclic) bond motifs is 3. The maximum absolute atomic E-state index is 6.12. The van der Waals surface area contributed by atoms with Crippen molar-refractivity contribution < 1.29 is 18.9 Å². The van der Waals surface area contributed by atoms with Gasteiger partial charge in [-0.2, -0.15) is 0 Å². The van der Waals surface area contributed by atoms with Gasteiger partial charge in [-0.15, -0.1) is 0 Å². The van der Waals surface area contributed by atoms with Crippen molar-refractivity contribution in [1.82, 2.24) is 9.88 Å². The zero-order valence-corrected chi connectivity index (χ0v) is 15.8. The number of pyridine rings is 1. The molecule has 0 radical (unpaired) electrons. The lowest BCUT2D eigenvalue weighted by Gasteiger charge is -2.30. The molecule has 28 heavy (non-hydrogen) atoms. The van der Waals surface area contributed by atoms with Crippen LogP contribution in [0, 0.1) is 0 Å². The Morgan fingerprint density at radius 3 is 2.89 bits per heavy atom. The molecule has 2 aliphatic rings. The van der Waals surface area contributed by atoms with E-state index in [9.17, 15) is 0 Å². The van der Waals surface area contributed by atoms with Crippen LogP contribution in [0.25, 0.3) is 10.9 Å². The fourth-order valence-corrected chi connectivity index (χ4v) is 3.73. The standard InChI is InChI=1S/C22H22N2O4/c1-25-17-6-7-19-15(11-17)10-16-12-24(8-9-26-22(16)23-19)13-18-14-27-20-4-2-3-5-21(20)28-18/h2-7,10-11,18H,8-9,12-14H2,1H3. The van der Waals surface area contributed by atoms with Gasteiger partial charge in [0.05, 0.1) is 12.6 Å². The molecule has 0 spiro atoms. The highest BCUT2D eigenvalue weighted by Gasteiger charge is 2.25. The van der Waals surface area contributed by atoms with Gasteiger partial charge in [0.25, 0.3) is 0 Å². The van der Waals surface area contributed by atoms with Gasteiger partial charge in [0.2, 0.25) is 5.88 Å². The summed E-state index contributed by atoms with van der Waals surface area (Å²) in [5, 5.41) is 1.05. The number of ether oxygens (including phenoxy) is 4. The normalized spacial score (nSPS) is 18.8. The van der Waals surface area contributed by atoms with Gasteiger partial charge in [-0.3, -0.25) is 4.90 Å². The second-order valence-electron chi connectivity index (χ2n) is 7.09. The summed E-state index contributed by atoms with van der Waals surface area (Å²) < 4.78 is 23.3. The maximum atomic E-state index is 6.12. The Hall–Kier alpha value is -2.99. The zero-order chi connectivity index (χ0) is 18.9. The van der Waals surface area contributed by atoms with Crippen molar-refractivity contribution in [2.75, 3.05) is 33.4 Å². The van der Waals surface area contributed by atoms with Crippen LogP contribution in [0.1, 0.15) is 5.56 Å². The lowest BCUT2D eigenvalue weighted by Crippen LogP contribution is -2.41. The minimum absolute atomic E-state index is 0.00930. The van der Waals surface area contributed by atoms with Gasteiger partial charge in [0, 0.05) is 30.6 Å². The summed E-state index contributed by atoms with van der Waals surface area (Å²) in [5.41, 5.74) is 1.99. The van der Waals surface area contributed by atoms with Crippen molar-refractivity contribution >= 4 is 10.9 Å². The molecule has 6 nitrogen and oxygen atoms in total. The SMILES string of the molecule is COc1ccc2nc3c(cc2c1)CN(CC1COc2ccccc2O1)CCO3. The highest BCUT2D eigenvalue weighted by Crippen LogP contribution is 2.32. The Morgan fingerprint density at radius 1 is 1.11 bits per heavy atom. The number of aromatic nitrogens is 1. The van der Waals surface area contributed by atoms with Gasteiger partial charge in [-0.05, 0) is 36.4 Å². The second-order valence-corrected chi connectivity index (χ2v) is 7.09. The molecule has 0 aliphatic carbocycles. The quantitative estimate of drug-likeness (QED) is 0.697. The van der Waals surface area contributed by atoms with Gasteiger partial charge in [0.1, 0.15) is 25.1 Å². The smallest absolute Gasteiger partial charge is 0.218 e. The summed E-state index contributed by atoms with van der Waals surface area (Å²) in [7, 11) is 1.67. The molecule has 0 saturated carbocycles. The Balaban J connectivity index is 1.35. The molecule has 6 heteroatoms. The molecule has 1 unspecified atom stereocenters. The molecular weight excluding hydrogens is 356 g/mol.